The first-order chi connectivity index (χ1) is 10.3. The molecule has 0 radical (unpaired) electrons. The molecule has 2 aromatic heterocycles. The summed E-state index contributed by atoms with van der Waals surface area (Å²) in [6.07, 6.45) is 3.83. The van der Waals surface area contributed by atoms with Crippen LogP contribution in [0.2, 0.25) is 0 Å². The van der Waals surface area contributed by atoms with Gasteiger partial charge in [-0.05, 0) is 30.7 Å². The van der Waals surface area contributed by atoms with Gasteiger partial charge in [-0.3, -0.25) is 4.98 Å². The molecule has 106 valence electrons. The Kier molecular flexibility index (Phi) is 3.77. The maximum Gasteiger partial charge on any atom is 0.161 e. The van der Waals surface area contributed by atoms with Gasteiger partial charge in [0.05, 0.1) is 5.52 Å². The second kappa shape index (κ2) is 5.87. The van der Waals surface area contributed by atoms with E-state index < -0.39 is 0 Å². The molecule has 1 N–H and O–H groups in total. The summed E-state index contributed by atoms with van der Waals surface area (Å²) in [6.45, 7) is 2.16. The molecule has 0 aliphatic carbocycles. The molecule has 0 aliphatic heterocycles. The Bertz CT molecular complexity index is 768. The number of fused-ring (bicyclic) bond motifs is 1. The van der Waals surface area contributed by atoms with Crippen molar-refractivity contribution in [3.05, 3.63) is 48.3 Å². The summed E-state index contributed by atoms with van der Waals surface area (Å²) in [4.78, 5) is 13.6. The number of aryl methyl sites for hydroxylation is 1. The first kappa shape index (κ1) is 13.5. The molecule has 0 fully saturated rings. The standard InChI is InChI=1S/C17H18N4/c1-3-5-14-11-16(18-2)21-17(20-14)13-7-8-15-12(10-13)6-4-9-19-15/h4,6-11H,3,5H2,1-2H3,(H,18,20,21). The largest absolute Gasteiger partial charge is 0.373 e. The van der Waals surface area contributed by atoms with Crippen molar-refractivity contribution >= 4 is 16.7 Å². The van der Waals surface area contributed by atoms with Crippen molar-refractivity contribution in [3.63, 3.8) is 0 Å². The molecule has 0 aliphatic rings. The van der Waals surface area contributed by atoms with Crippen LogP contribution in [0.1, 0.15) is 19.0 Å². The van der Waals surface area contributed by atoms with E-state index in [0.717, 1.165) is 46.6 Å². The minimum Gasteiger partial charge on any atom is -0.373 e. The Morgan fingerprint density at radius 3 is 2.81 bits per heavy atom. The van der Waals surface area contributed by atoms with E-state index in [2.05, 4.69) is 39.3 Å². The number of hydrogen-bond acceptors (Lipinski definition) is 4. The predicted molar refractivity (Wildman–Crippen MR) is 86.3 cm³/mol. The summed E-state index contributed by atoms with van der Waals surface area (Å²) in [5, 5.41) is 4.21. The van der Waals surface area contributed by atoms with Crippen LogP contribution in [0.4, 0.5) is 5.82 Å². The van der Waals surface area contributed by atoms with Crippen LogP contribution in [-0.4, -0.2) is 22.0 Å². The molecule has 2 heterocycles. The lowest BCUT2D eigenvalue weighted by Gasteiger charge is -2.08. The van der Waals surface area contributed by atoms with Crippen molar-refractivity contribution in [3.8, 4) is 11.4 Å². The number of aromatic nitrogens is 3. The highest BCUT2D eigenvalue weighted by Gasteiger charge is 2.07. The van der Waals surface area contributed by atoms with Crippen molar-refractivity contribution in [1.82, 2.24) is 15.0 Å². The molecule has 0 bridgehead atoms. The van der Waals surface area contributed by atoms with Gasteiger partial charge in [0.2, 0.25) is 0 Å². The fourth-order valence-electron chi connectivity index (χ4n) is 2.35. The maximum absolute atomic E-state index is 4.68. The van der Waals surface area contributed by atoms with Crippen LogP contribution in [0, 0.1) is 0 Å². The lowest BCUT2D eigenvalue weighted by Crippen LogP contribution is -2.01. The first-order valence-electron chi connectivity index (χ1n) is 7.21. The van der Waals surface area contributed by atoms with Gasteiger partial charge < -0.3 is 5.32 Å². The molecule has 4 nitrogen and oxygen atoms in total. The van der Waals surface area contributed by atoms with E-state index in [1.54, 1.807) is 6.20 Å². The molecular formula is C17H18N4. The van der Waals surface area contributed by atoms with Crippen LogP contribution in [0.15, 0.2) is 42.6 Å². The zero-order valence-corrected chi connectivity index (χ0v) is 12.3. The van der Waals surface area contributed by atoms with Gasteiger partial charge >= 0.3 is 0 Å². The molecule has 0 unspecified atom stereocenters. The number of hydrogen-bond donors (Lipinski definition) is 1. The molecule has 4 heteroatoms. The van der Waals surface area contributed by atoms with E-state index >= 15 is 0 Å². The third-order valence-corrected chi connectivity index (χ3v) is 3.40. The number of nitrogens with one attached hydrogen (secondary N) is 1. The molecule has 0 spiro atoms. The lowest BCUT2D eigenvalue weighted by atomic mass is 10.1. The predicted octanol–water partition coefficient (Wildman–Crippen LogP) is 3.69. The quantitative estimate of drug-likeness (QED) is 0.791. The SMILES string of the molecule is CCCc1cc(NC)nc(-c2ccc3ncccc3c2)n1. The van der Waals surface area contributed by atoms with Gasteiger partial charge in [-0.2, -0.15) is 0 Å². The molecule has 0 amide bonds. The van der Waals surface area contributed by atoms with Gasteiger partial charge in [-0.1, -0.05) is 19.4 Å². The van der Waals surface area contributed by atoms with Crippen molar-refractivity contribution in [1.29, 1.82) is 0 Å². The van der Waals surface area contributed by atoms with E-state index in [0.29, 0.717) is 0 Å². The summed E-state index contributed by atoms with van der Waals surface area (Å²) in [7, 11) is 1.88. The van der Waals surface area contributed by atoms with Crippen LogP contribution in [0.3, 0.4) is 0 Å². The third-order valence-electron chi connectivity index (χ3n) is 3.40. The molecule has 3 rings (SSSR count). The smallest absolute Gasteiger partial charge is 0.161 e. The fourth-order valence-corrected chi connectivity index (χ4v) is 2.35. The number of rotatable bonds is 4. The Morgan fingerprint density at radius 2 is 2.00 bits per heavy atom. The molecule has 0 saturated heterocycles. The van der Waals surface area contributed by atoms with E-state index in [1.165, 1.54) is 0 Å². The highest BCUT2D eigenvalue weighted by Crippen LogP contribution is 2.22. The van der Waals surface area contributed by atoms with Crippen LogP contribution >= 0.6 is 0 Å². The summed E-state index contributed by atoms with van der Waals surface area (Å²) in [6, 6.07) is 12.1. The molecule has 1 aromatic carbocycles. The second-order valence-electron chi connectivity index (χ2n) is 4.98. The summed E-state index contributed by atoms with van der Waals surface area (Å²) in [5.41, 5.74) is 3.07. The van der Waals surface area contributed by atoms with Gasteiger partial charge in [0.15, 0.2) is 5.82 Å². The second-order valence-corrected chi connectivity index (χ2v) is 4.98. The van der Waals surface area contributed by atoms with E-state index in [1.807, 2.05) is 31.3 Å². The Hall–Kier alpha value is -2.49. The van der Waals surface area contributed by atoms with E-state index in [4.69, 9.17) is 0 Å². The van der Waals surface area contributed by atoms with Gasteiger partial charge in [0, 0.05) is 36.0 Å². The Labute approximate surface area is 124 Å². The van der Waals surface area contributed by atoms with Crippen molar-refractivity contribution in [2.45, 2.75) is 19.8 Å². The van der Waals surface area contributed by atoms with E-state index in [-0.39, 0.29) is 0 Å². The van der Waals surface area contributed by atoms with Crippen molar-refractivity contribution < 1.29 is 0 Å². The highest BCUT2D eigenvalue weighted by atomic mass is 15.0. The molecule has 21 heavy (non-hydrogen) atoms. The number of anilines is 1. The average Bonchev–Trinajstić information content (AvgIpc) is 2.54. The molecule has 0 atom stereocenters. The maximum atomic E-state index is 4.68. The molecule has 3 aromatic rings. The number of nitrogens with zero attached hydrogens (tertiary/aromatic N) is 3. The van der Waals surface area contributed by atoms with Gasteiger partial charge in [-0.25, -0.2) is 9.97 Å². The van der Waals surface area contributed by atoms with Crippen molar-refractivity contribution in [2.24, 2.45) is 0 Å². The minimum absolute atomic E-state index is 0.760. The highest BCUT2D eigenvalue weighted by molar-refractivity contribution is 5.83. The Morgan fingerprint density at radius 1 is 1.10 bits per heavy atom. The zero-order valence-electron chi connectivity index (χ0n) is 12.3. The number of pyridine rings is 1. The lowest BCUT2D eigenvalue weighted by molar-refractivity contribution is 0.876. The number of benzene rings is 1. The van der Waals surface area contributed by atoms with Gasteiger partial charge in [-0.15, -0.1) is 0 Å². The molecular weight excluding hydrogens is 260 g/mol. The van der Waals surface area contributed by atoms with Crippen LogP contribution in [0.5, 0.6) is 0 Å². The monoisotopic (exact) mass is 278 g/mol. The van der Waals surface area contributed by atoms with Crippen LogP contribution < -0.4 is 5.32 Å². The third kappa shape index (κ3) is 2.84. The first-order valence-corrected chi connectivity index (χ1v) is 7.21. The molecule has 0 saturated carbocycles. The van der Waals surface area contributed by atoms with Gasteiger partial charge in [0.25, 0.3) is 0 Å². The topological polar surface area (TPSA) is 50.7 Å². The van der Waals surface area contributed by atoms with Crippen LogP contribution in [-0.2, 0) is 6.42 Å². The average molecular weight is 278 g/mol. The normalized spacial score (nSPS) is 10.8. The van der Waals surface area contributed by atoms with Gasteiger partial charge in [0.1, 0.15) is 5.82 Å². The zero-order chi connectivity index (χ0) is 14.7. The minimum atomic E-state index is 0.760. The summed E-state index contributed by atoms with van der Waals surface area (Å²) >= 11 is 0. The fraction of sp³-hybridized carbons (Fsp3) is 0.235. The summed E-state index contributed by atoms with van der Waals surface area (Å²) in [5.74, 6) is 1.62. The van der Waals surface area contributed by atoms with Crippen molar-refractivity contribution in [2.75, 3.05) is 12.4 Å². The van der Waals surface area contributed by atoms with E-state index in [9.17, 15) is 0 Å². The van der Waals surface area contributed by atoms with Crippen LogP contribution in [0.25, 0.3) is 22.3 Å². The summed E-state index contributed by atoms with van der Waals surface area (Å²) < 4.78 is 0. The Balaban J connectivity index is 2.10.